The number of anilines is 1. The van der Waals surface area contributed by atoms with Gasteiger partial charge in [0.1, 0.15) is 5.82 Å². The zero-order chi connectivity index (χ0) is 22.6. The fourth-order valence-electron chi connectivity index (χ4n) is 2.77. The molecule has 1 aromatic heterocycles. The van der Waals surface area contributed by atoms with E-state index in [0.29, 0.717) is 31.1 Å². The lowest BCUT2D eigenvalue weighted by Gasteiger charge is -2.20. The second-order valence-corrected chi connectivity index (χ2v) is 9.06. The SMILES string of the molecule is Cc1noc(CCCNC(=O)c2cc(S(=O)(=O)N(C)c3ccc(F)cc3)ccc2Cl)n1. The van der Waals surface area contributed by atoms with Crippen LogP contribution in [0.3, 0.4) is 0 Å². The first-order valence-electron chi connectivity index (χ1n) is 9.30. The largest absolute Gasteiger partial charge is 0.352 e. The van der Waals surface area contributed by atoms with Gasteiger partial charge in [0, 0.05) is 20.0 Å². The van der Waals surface area contributed by atoms with Crippen molar-refractivity contribution in [1.29, 1.82) is 0 Å². The van der Waals surface area contributed by atoms with Crippen molar-refractivity contribution < 1.29 is 22.1 Å². The fourth-order valence-corrected chi connectivity index (χ4v) is 4.19. The van der Waals surface area contributed by atoms with Crippen LogP contribution >= 0.6 is 11.6 Å². The van der Waals surface area contributed by atoms with E-state index in [4.69, 9.17) is 16.1 Å². The van der Waals surface area contributed by atoms with Crippen LogP contribution in [-0.2, 0) is 16.4 Å². The van der Waals surface area contributed by atoms with Gasteiger partial charge in [-0.15, -0.1) is 0 Å². The van der Waals surface area contributed by atoms with Gasteiger partial charge in [-0.3, -0.25) is 9.10 Å². The number of aromatic nitrogens is 2. The van der Waals surface area contributed by atoms with E-state index < -0.39 is 21.7 Å². The molecule has 0 fully saturated rings. The monoisotopic (exact) mass is 466 g/mol. The highest BCUT2D eigenvalue weighted by atomic mass is 35.5. The van der Waals surface area contributed by atoms with Gasteiger partial charge in [-0.2, -0.15) is 4.98 Å². The van der Waals surface area contributed by atoms with E-state index >= 15 is 0 Å². The molecule has 164 valence electrons. The predicted octanol–water partition coefficient (Wildman–Crippen LogP) is 3.36. The van der Waals surface area contributed by atoms with Crippen molar-refractivity contribution in [3.05, 3.63) is 70.6 Å². The summed E-state index contributed by atoms with van der Waals surface area (Å²) in [5.74, 6) is 0.0265. The highest BCUT2D eigenvalue weighted by Crippen LogP contribution is 2.26. The van der Waals surface area contributed by atoms with Crippen molar-refractivity contribution in [3.63, 3.8) is 0 Å². The normalized spacial score (nSPS) is 11.4. The summed E-state index contributed by atoms with van der Waals surface area (Å²) in [5.41, 5.74) is 0.308. The highest BCUT2D eigenvalue weighted by Gasteiger charge is 2.24. The second-order valence-electron chi connectivity index (χ2n) is 6.69. The standard InChI is InChI=1S/C20H20ClFN4O4S/c1-13-24-19(30-25-13)4-3-11-23-20(27)17-12-16(9-10-18(17)21)31(28,29)26(2)15-7-5-14(22)6-8-15/h5-10,12H,3-4,11H2,1-2H3,(H,23,27). The lowest BCUT2D eigenvalue weighted by molar-refractivity contribution is 0.0953. The highest BCUT2D eigenvalue weighted by molar-refractivity contribution is 7.92. The van der Waals surface area contributed by atoms with Crippen LogP contribution in [-0.4, -0.2) is 38.1 Å². The van der Waals surface area contributed by atoms with Gasteiger partial charge in [0.15, 0.2) is 5.82 Å². The maximum atomic E-state index is 13.1. The number of carbonyl (C=O) groups excluding carboxylic acids is 1. The molecule has 8 nitrogen and oxygen atoms in total. The van der Waals surface area contributed by atoms with E-state index in [2.05, 4.69) is 15.5 Å². The van der Waals surface area contributed by atoms with Gasteiger partial charge in [0.2, 0.25) is 5.89 Å². The Bertz CT molecular complexity index is 1180. The van der Waals surface area contributed by atoms with Gasteiger partial charge in [-0.25, -0.2) is 12.8 Å². The van der Waals surface area contributed by atoms with Crippen molar-refractivity contribution in [2.45, 2.75) is 24.7 Å². The number of benzene rings is 2. The Morgan fingerprint density at radius 3 is 2.58 bits per heavy atom. The van der Waals surface area contributed by atoms with Crippen LogP contribution in [0, 0.1) is 12.7 Å². The topological polar surface area (TPSA) is 105 Å². The molecule has 0 radical (unpaired) electrons. The molecule has 0 atom stereocenters. The van der Waals surface area contributed by atoms with E-state index in [1.54, 1.807) is 6.92 Å². The molecule has 1 heterocycles. The number of nitrogens with zero attached hydrogens (tertiary/aromatic N) is 3. The van der Waals surface area contributed by atoms with E-state index in [-0.39, 0.29) is 21.2 Å². The molecule has 3 rings (SSSR count). The number of sulfonamides is 1. The number of carbonyl (C=O) groups is 1. The summed E-state index contributed by atoms with van der Waals surface area (Å²) in [5, 5.41) is 6.51. The third-order valence-electron chi connectivity index (χ3n) is 4.45. The van der Waals surface area contributed by atoms with Crippen molar-refractivity contribution >= 4 is 33.2 Å². The average molecular weight is 467 g/mol. The minimum Gasteiger partial charge on any atom is -0.352 e. The zero-order valence-electron chi connectivity index (χ0n) is 16.8. The number of hydrogen-bond donors (Lipinski definition) is 1. The summed E-state index contributed by atoms with van der Waals surface area (Å²) >= 11 is 6.12. The van der Waals surface area contributed by atoms with Crippen LogP contribution in [0.5, 0.6) is 0 Å². The molecule has 0 aliphatic carbocycles. The van der Waals surface area contributed by atoms with E-state index in [1.807, 2.05) is 0 Å². The molecule has 0 saturated heterocycles. The van der Waals surface area contributed by atoms with Crippen LogP contribution in [0.2, 0.25) is 5.02 Å². The smallest absolute Gasteiger partial charge is 0.264 e. The van der Waals surface area contributed by atoms with Crippen molar-refractivity contribution in [1.82, 2.24) is 15.5 Å². The van der Waals surface area contributed by atoms with Crippen molar-refractivity contribution in [2.75, 3.05) is 17.9 Å². The number of nitrogens with one attached hydrogen (secondary N) is 1. The molecule has 2 aromatic carbocycles. The van der Waals surface area contributed by atoms with E-state index in [9.17, 15) is 17.6 Å². The minimum absolute atomic E-state index is 0.0314. The molecule has 1 amide bonds. The second kappa shape index (κ2) is 9.44. The molecule has 3 aromatic rings. The van der Waals surface area contributed by atoms with Gasteiger partial charge < -0.3 is 9.84 Å². The van der Waals surface area contributed by atoms with Gasteiger partial charge >= 0.3 is 0 Å². The van der Waals surface area contributed by atoms with Crippen LogP contribution in [0.25, 0.3) is 0 Å². The van der Waals surface area contributed by atoms with Crippen molar-refractivity contribution in [3.8, 4) is 0 Å². The molecule has 0 saturated carbocycles. The first-order chi connectivity index (χ1) is 14.7. The quantitative estimate of drug-likeness (QED) is 0.510. The Kier molecular flexibility index (Phi) is 6.91. The van der Waals surface area contributed by atoms with E-state index in [1.165, 1.54) is 37.4 Å². The van der Waals surface area contributed by atoms with Crippen LogP contribution in [0.4, 0.5) is 10.1 Å². The van der Waals surface area contributed by atoms with Crippen LogP contribution in [0.15, 0.2) is 51.9 Å². The molecule has 0 bridgehead atoms. The molecule has 11 heteroatoms. The number of rotatable bonds is 8. The van der Waals surface area contributed by atoms with Gasteiger partial charge in [-0.1, -0.05) is 16.8 Å². The maximum Gasteiger partial charge on any atom is 0.264 e. The zero-order valence-corrected chi connectivity index (χ0v) is 18.4. The Labute approximate surface area is 184 Å². The Balaban J connectivity index is 1.71. The molecular weight excluding hydrogens is 447 g/mol. The van der Waals surface area contributed by atoms with Crippen LogP contribution in [0.1, 0.15) is 28.5 Å². The predicted molar refractivity (Wildman–Crippen MR) is 113 cm³/mol. The minimum atomic E-state index is -3.99. The Morgan fingerprint density at radius 2 is 1.94 bits per heavy atom. The summed E-state index contributed by atoms with van der Waals surface area (Å²) in [6.07, 6.45) is 1.04. The first-order valence-corrected chi connectivity index (χ1v) is 11.1. The average Bonchev–Trinajstić information content (AvgIpc) is 3.16. The van der Waals surface area contributed by atoms with Gasteiger partial charge in [0.05, 0.1) is 21.2 Å². The molecule has 1 N–H and O–H groups in total. The molecule has 0 unspecified atom stereocenters. The third-order valence-corrected chi connectivity index (χ3v) is 6.56. The Morgan fingerprint density at radius 1 is 1.23 bits per heavy atom. The fraction of sp³-hybridized carbons (Fsp3) is 0.250. The van der Waals surface area contributed by atoms with Gasteiger partial charge in [-0.05, 0) is 55.8 Å². The third kappa shape index (κ3) is 5.39. The lowest BCUT2D eigenvalue weighted by Crippen LogP contribution is -2.28. The molecule has 0 aliphatic rings. The number of halogens is 2. The van der Waals surface area contributed by atoms with E-state index in [0.717, 1.165) is 16.4 Å². The molecular formula is C20H20ClFN4O4S. The lowest BCUT2D eigenvalue weighted by atomic mass is 10.2. The first kappa shape index (κ1) is 22.7. The molecule has 0 spiro atoms. The molecule has 0 aliphatic heterocycles. The number of aryl methyl sites for hydroxylation is 2. The number of hydrogen-bond acceptors (Lipinski definition) is 6. The summed E-state index contributed by atoms with van der Waals surface area (Å²) < 4.78 is 45.1. The van der Waals surface area contributed by atoms with Crippen molar-refractivity contribution in [2.24, 2.45) is 0 Å². The summed E-state index contributed by atoms with van der Waals surface area (Å²) in [7, 11) is -2.65. The summed E-state index contributed by atoms with van der Waals surface area (Å²) in [6.45, 7) is 2.02. The Hall–Kier alpha value is -2.98. The van der Waals surface area contributed by atoms with Gasteiger partial charge in [0.25, 0.3) is 15.9 Å². The summed E-state index contributed by atoms with van der Waals surface area (Å²) in [6, 6.07) is 8.90. The number of amides is 1. The van der Waals surface area contributed by atoms with Crippen LogP contribution < -0.4 is 9.62 Å². The summed E-state index contributed by atoms with van der Waals surface area (Å²) in [4.78, 5) is 16.5. The maximum absolute atomic E-state index is 13.1. The molecule has 31 heavy (non-hydrogen) atoms.